The van der Waals surface area contributed by atoms with E-state index in [2.05, 4.69) is 15.2 Å². The summed E-state index contributed by atoms with van der Waals surface area (Å²) in [6.07, 6.45) is 11.1. The van der Waals surface area contributed by atoms with E-state index >= 15 is 0 Å². The Morgan fingerprint density at radius 2 is 1.83 bits per heavy atom. The maximum absolute atomic E-state index is 12.7. The van der Waals surface area contributed by atoms with Crippen molar-refractivity contribution in [3.05, 3.63) is 11.9 Å². The smallest absolute Gasteiger partial charge is 0.225 e. The molecule has 1 amide bonds. The molecule has 1 saturated carbocycles. The fourth-order valence-electron chi connectivity index (χ4n) is 3.89. The molecule has 23 heavy (non-hydrogen) atoms. The van der Waals surface area contributed by atoms with Gasteiger partial charge in [-0.15, -0.1) is 5.10 Å². The fraction of sp³-hybridized carbons (Fsp3) is 0.824. The zero-order chi connectivity index (χ0) is 16.1. The Morgan fingerprint density at radius 1 is 1.13 bits per heavy atom. The minimum Gasteiger partial charge on any atom is -0.390 e. The van der Waals surface area contributed by atoms with Crippen molar-refractivity contribution < 1.29 is 9.90 Å². The van der Waals surface area contributed by atoms with Gasteiger partial charge in [0.1, 0.15) is 5.69 Å². The van der Waals surface area contributed by atoms with Crippen LogP contribution in [0.1, 0.15) is 57.1 Å². The molecule has 0 aromatic carbocycles. The molecule has 0 atom stereocenters. The Labute approximate surface area is 137 Å². The maximum Gasteiger partial charge on any atom is 0.225 e. The molecule has 0 spiro atoms. The number of carbonyl (C=O) groups excluding carboxylic acids is 1. The SMILES string of the molecule is O=C(C1CCCCCC1)N1CCC(Cn2cc(CO)nn2)CC1. The summed E-state index contributed by atoms with van der Waals surface area (Å²) in [7, 11) is 0. The summed E-state index contributed by atoms with van der Waals surface area (Å²) in [6, 6.07) is 0. The van der Waals surface area contributed by atoms with Gasteiger partial charge in [-0.05, 0) is 31.6 Å². The molecule has 2 aliphatic rings. The van der Waals surface area contributed by atoms with Gasteiger partial charge in [-0.2, -0.15) is 0 Å². The Kier molecular flexibility index (Phi) is 5.65. The summed E-state index contributed by atoms with van der Waals surface area (Å²) in [5.74, 6) is 1.21. The van der Waals surface area contributed by atoms with Gasteiger partial charge in [0.05, 0.1) is 12.8 Å². The number of hydrogen-bond donors (Lipinski definition) is 1. The van der Waals surface area contributed by atoms with E-state index in [-0.39, 0.29) is 12.5 Å². The summed E-state index contributed by atoms with van der Waals surface area (Å²) < 4.78 is 1.82. The highest BCUT2D eigenvalue weighted by Crippen LogP contribution is 2.27. The van der Waals surface area contributed by atoms with E-state index in [0.29, 0.717) is 17.5 Å². The first-order chi connectivity index (χ1) is 11.3. The lowest BCUT2D eigenvalue weighted by atomic mass is 9.93. The van der Waals surface area contributed by atoms with Crippen LogP contribution in [0.25, 0.3) is 0 Å². The minimum atomic E-state index is -0.0612. The van der Waals surface area contributed by atoms with Gasteiger partial charge >= 0.3 is 0 Å². The summed E-state index contributed by atoms with van der Waals surface area (Å²) in [6.45, 7) is 2.52. The van der Waals surface area contributed by atoms with Crippen LogP contribution >= 0.6 is 0 Å². The normalized spacial score (nSPS) is 21.3. The van der Waals surface area contributed by atoms with Crippen molar-refractivity contribution in [2.24, 2.45) is 11.8 Å². The summed E-state index contributed by atoms with van der Waals surface area (Å²) in [5.41, 5.74) is 0.617. The molecule has 6 nitrogen and oxygen atoms in total. The van der Waals surface area contributed by atoms with E-state index in [0.717, 1.165) is 45.3 Å². The molecule has 1 aliphatic carbocycles. The third-order valence-corrected chi connectivity index (χ3v) is 5.32. The van der Waals surface area contributed by atoms with E-state index in [9.17, 15) is 4.79 Å². The van der Waals surface area contributed by atoms with Crippen LogP contribution in [-0.2, 0) is 17.9 Å². The second kappa shape index (κ2) is 7.90. The lowest BCUT2D eigenvalue weighted by Gasteiger charge is -2.34. The van der Waals surface area contributed by atoms with Gasteiger partial charge in [-0.3, -0.25) is 9.48 Å². The zero-order valence-corrected chi connectivity index (χ0v) is 13.9. The lowest BCUT2D eigenvalue weighted by Crippen LogP contribution is -2.42. The second-order valence-corrected chi connectivity index (χ2v) is 7.05. The number of piperidine rings is 1. The van der Waals surface area contributed by atoms with Gasteiger partial charge in [0.25, 0.3) is 0 Å². The van der Waals surface area contributed by atoms with E-state index in [1.165, 1.54) is 25.7 Å². The number of amides is 1. The van der Waals surface area contributed by atoms with Crippen LogP contribution in [0.4, 0.5) is 0 Å². The van der Waals surface area contributed by atoms with Crippen LogP contribution in [0.3, 0.4) is 0 Å². The molecule has 2 heterocycles. The number of aliphatic hydroxyl groups is 1. The second-order valence-electron chi connectivity index (χ2n) is 7.05. The van der Waals surface area contributed by atoms with Gasteiger partial charge in [0, 0.05) is 25.6 Å². The van der Waals surface area contributed by atoms with Crippen molar-refractivity contribution in [1.82, 2.24) is 19.9 Å². The molecule has 0 bridgehead atoms. The molecular weight excluding hydrogens is 292 g/mol. The van der Waals surface area contributed by atoms with Crippen LogP contribution in [-0.4, -0.2) is 44.0 Å². The Balaban J connectivity index is 1.46. The molecule has 0 radical (unpaired) electrons. The number of likely N-dealkylation sites (tertiary alicyclic amines) is 1. The molecule has 128 valence electrons. The molecule has 2 fully saturated rings. The van der Waals surface area contributed by atoms with Crippen molar-refractivity contribution in [2.75, 3.05) is 13.1 Å². The Bertz CT molecular complexity index is 500. The molecule has 3 rings (SSSR count). The Hall–Kier alpha value is -1.43. The summed E-state index contributed by atoms with van der Waals surface area (Å²) in [5, 5.41) is 17.0. The zero-order valence-electron chi connectivity index (χ0n) is 13.9. The average molecular weight is 320 g/mol. The number of carbonyl (C=O) groups is 1. The van der Waals surface area contributed by atoms with Crippen molar-refractivity contribution in [3.8, 4) is 0 Å². The van der Waals surface area contributed by atoms with Crippen LogP contribution < -0.4 is 0 Å². The number of aliphatic hydroxyl groups excluding tert-OH is 1. The topological polar surface area (TPSA) is 71.2 Å². The van der Waals surface area contributed by atoms with Gasteiger partial charge in [0.2, 0.25) is 5.91 Å². The monoisotopic (exact) mass is 320 g/mol. The van der Waals surface area contributed by atoms with Crippen molar-refractivity contribution in [2.45, 2.75) is 64.5 Å². The van der Waals surface area contributed by atoms with Crippen molar-refractivity contribution in [1.29, 1.82) is 0 Å². The molecule has 1 N–H and O–H groups in total. The predicted octanol–water partition coefficient (Wildman–Crippen LogP) is 1.98. The van der Waals surface area contributed by atoms with E-state index in [1.807, 2.05) is 10.9 Å². The predicted molar refractivity (Wildman–Crippen MR) is 86.4 cm³/mol. The van der Waals surface area contributed by atoms with Crippen LogP contribution in [0.2, 0.25) is 0 Å². The molecule has 6 heteroatoms. The first kappa shape index (κ1) is 16.4. The minimum absolute atomic E-state index is 0.0612. The molecule has 1 aromatic heterocycles. The first-order valence-corrected chi connectivity index (χ1v) is 9.05. The quantitative estimate of drug-likeness (QED) is 0.861. The van der Waals surface area contributed by atoms with E-state index in [4.69, 9.17) is 5.11 Å². The molecular formula is C17H28N4O2. The fourth-order valence-corrected chi connectivity index (χ4v) is 3.89. The van der Waals surface area contributed by atoms with Crippen molar-refractivity contribution in [3.63, 3.8) is 0 Å². The number of aromatic nitrogens is 3. The lowest BCUT2D eigenvalue weighted by molar-refractivity contribution is -0.137. The van der Waals surface area contributed by atoms with Gasteiger partial charge in [-0.25, -0.2) is 0 Å². The van der Waals surface area contributed by atoms with Crippen molar-refractivity contribution >= 4 is 5.91 Å². The highest BCUT2D eigenvalue weighted by Gasteiger charge is 2.28. The van der Waals surface area contributed by atoms with Crippen LogP contribution in [0, 0.1) is 11.8 Å². The third-order valence-electron chi connectivity index (χ3n) is 5.32. The summed E-state index contributed by atoms with van der Waals surface area (Å²) >= 11 is 0. The Morgan fingerprint density at radius 3 is 2.43 bits per heavy atom. The third kappa shape index (κ3) is 4.31. The maximum atomic E-state index is 12.7. The molecule has 0 unspecified atom stereocenters. The molecule has 1 saturated heterocycles. The van der Waals surface area contributed by atoms with Gasteiger partial charge in [0.15, 0.2) is 0 Å². The van der Waals surface area contributed by atoms with Gasteiger partial charge < -0.3 is 10.0 Å². The largest absolute Gasteiger partial charge is 0.390 e. The number of hydrogen-bond acceptors (Lipinski definition) is 4. The van der Waals surface area contributed by atoms with Crippen LogP contribution in [0.15, 0.2) is 6.20 Å². The number of rotatable bonds is 4. The van der Waals surface area contributed by atoms with Gasteiger partial charge in [-0.1, -0.05) is 30.9 Å². The van der Waals surface area contributed by atoms with Crippen LogP contribution in [0.5, 0.6) is 0 Å². The summed E-state index contributed by atoms with van der Waals surface area (Å²) in [4.78, 5) is 14.8. The molecule has 1 aromatic rings. The first-order valence-electron chi connectivity index (χ1n) is 9.05. The highest BCUT2D eigenvalue weighted by atomic mass is 16.3. The van der Waals surface area contributed by atoms with E-state index in [1.54, 1.807) is 0 Å². The standard InChI is InChI=1S/C17H28N4O2/c22-13-16-12-21(19-18-16)11-14-7-9-20(10-8-14)17(23)15-5-3-1-2-4-6-15/h12,14-15,22H,1-11,13H2. The molecule has 1 aliphatic heterocycles. The van der Waals surface area contributed by atoms with E-state index < -0.39 is 0 Å². The number of nitrogens with zero attached hydrogens (tertiary/aromatic N) is 4. The highest BCUT2D eigenvalue weighted by molar-refractivity contribution is 5.78. The average Bonchev–Trinajstić information content (AvgIpc) is 2.86.